The summed E-state index contributed by atoms with van der Waals surface area (Å²) in [4.78, 5) is 12.0. The highest BCUT2D eigenvalue weighted by atomic mass is 19.1. The van der Waals surface area contributed by atoms with Crippen LogP contribution in [-0.4, -0.2) is 16.1 Å². The Hall–Kier alpha value is -2.63. The highest BCUT2D eigenvalue weighted by molar-refractivity contribution is 5.92. The Morgan fingerprint density at radius 3 is 2.36 bits per heavy atom. The van der Waals surface area contributed by atoms with Gasteiger partial charge >= 0.3 is 0 Å². The number of rotatable bonds is 4. The average molecular weight is 307 g/mol. The molecule has 2 aromatic carbocycles. The fourth-order valence-electron chi connectivity index (χ4n) is 2.01. The Labute approximate surface area is 126 Å². The van der Waals surface area contributed by atoms with Gasteiger partial charge in [0.2, 0.25) is 5.91 Å². The zero-order chi connectivity index (χ0) is 16.3. The maximum atomic E-state index is 13.5. The van der Waals surface area contributed by atoms with Crippen molar-refractivity contribution in [3.63, 3.8) is 0 Å². The van der Waals surface area contributed by atoms with Gasteiger partial charge in [0.05, 0.1) is 0 Å². The molecule has 1 amide bonds. The van der Waals surface area contributed by atoms with Crippen molar-refractivity contribution in [2.24, 2.45) is 5.92 Å². The maximum Gasteiger partial charge on any atom is 0.227 e. The minimum Gasteiger partial charge on any atom is -0.504 e. The second-order valence-electron chi connectivity index (χ2n) is 5.01. The normalized spacial score (nSPS) is 12.0. The standard InChI is InChI=1S/C16H15F2NO3/c1-9(7-10-5-6-13(20)14(21)8-10)16(22)19-15-11(17)3-2-4-12(15)18/h2-6,8-9,20-21H,7H2,1H3,(H,19,22). The first kappa shape index (κ1) is 15.8. The first-order valence-corrected chi connectivity index (χ1v) is 6.64. The second-order valence-corrected chi connectivity index (χ2v) is 5.01. The van der Waals surface area contributed by atoms with E-state index in [0.29, 0.717) is 5.56 Å². The van der Waals surface area contributed by atoms with Crippen LogP contribution in [-0.2, 0) is 11.2 Å². The van der Waals surface area contributed by atoms with Crippen molar-refractivity contribution in [2.45, 2.75) is 13.3 Å². The monoisotopic (exact) mass is 307 g/mol. The van der Waals surface area contributed by atoms with Crippen LogP contribution in [0.3, 0.4) is 0 Å². The minimum atomic E-state index is -0.845. The Kier molecular flexibility index (Phi) is 4.60. The minimum absolute atomic E-state index is 0.246. The molecule has 0 aliphatic carbocycles. The van der Waals surface area contributed by atoms with Gasteiger partial charge in [-0.1, -0.05) is 19.1 Å². The molecule has 22 heavy (non-hydrogen) atoms. The number of halogens is 2. The van der Waals surface area contributed by atoms with E-state index in [-0.39, 0.29) is 17.9 Å². The number of anilines is 1. The van der Waals surface area contributed by atoms with Crippen molar-refractivity contribution in [2.75, 3.05) is 5.32 Å². The number of nitrogens with one attached hydrogen (secondary N) is 1. The van der Waals surface area contributed by atoms with Crippen LogP contribution in [0, 0.1) is 17.6 Å². The third kappa shape index (κ3) is 3.52. The van der Waals surface area contributed by atoms with Crippen molar-refractivity contribution in [1.82, 2.24) is 0 Å². The van der Waals surface area contributed by atoms with E-state index in [2.05, 4.69) is 5.32 Å². The van der Waals surface area contributed by atoms with Crippen LogP contribution in [0.5, 0.6) is 11.5 Å². The smallest absolute Gasteiger partial charge is 0.227 e. The number of phenolic OH excluding ortho intramolecular Hbond substituents is 2. The van der Waals surface area contributed by atoms with E-state index in [4.69, 9.17) is 0 Å². The Morgan fingerprint density at radius 1 is 1.14 bits per heavy atom. The van der Waals surface area contributed by atoms with Gasteiger partial charge in [0.25, 0.3) is 0 Å². The van der Waals surface area contributed by atoms with Crippen molar-refractivity contribution in [1.29, 1.82) is 0 Å². The number of para-hydroxylation sites is 1. The summed E-state index contributed by atoms with van der Waals surface area (Å²) in [5, 5.41) is 20.9. The van der Waals surface area contributed by atoms with Crippen molar-refractivity contribution in [3.8, 4) is 11.5 Å². The van der Waals surface area contributed by atoms with Crippen LogP contribution < -0.4 is 5.32 Å². The average Bonchev–Trinajstić information content (AvgIpc) is 2.46. The van der Waals surface area contributed by atoms with E-state index in [1.165, 1.54) is 18.2 Å². The summed E-state index contributed by atoms with van der Waals surface area (Å²) in [7, 11) is 0. The van der Waals surface area contributed by atoms with Crippen LogP contribution in [0.4, 0.5) is 14.5 Å². The number of carbonyl (C=O) groups is 1. The van der Waals surface area contributed by atoms with Gasteiger partial charge in [0, 0.05) is 5.92 Å². The molecule has 1 atom stereocenters. The van der Waals surface area contributed by atoms with E-state index in [0.717, 1.165) is 12.1 Å². The second kappa shape index (κ2) is 6.43. The van der Waals surface area contributed by atoms with Gasteiger partial charge in [-0.2, -0.15) is 0 Å². The number of hydrogen-bond donors (Lipinski definition) is 3. The topological polar surface area (TPSA) is 69.6 Å². The number of carbonyl (C=O) groups excluding carboxylic acids is 1. The molecule has 0 bridgehead atoms. The van der Waals surface area contributed by atoms with Crippen LogP contribution in [0.25, 0.3) is 0 Å². The lowest BCUT2D eigenvalue weighted by atomic mass is 10.00. The van der Waals surface area contributed by atoms with Gasteiger partial charge in [-0.15, -0.1) is 0 Å². The van der Waals surface area contributed by atoms with Gasteiger partial charge in [-0.25, -0.2) is 8.78 Å². The molecule has 0 aliphatic rings. The molecule has 0 saturated carbocycles. The van der Waals surface area contributed by atoms with Crippen molar-refractivity contribution in [3.05, 3.63) is 53.6 Å². The number of phenols is 2. The zero-order valence-corrected chi connectivity index (χ0v) is 11.8. The summed E-state index contributed by atoms with van der Waals surface area (Å²) < 4.78 is 27.0. The molecule has 0 fully saturated rings. The molecule has 2 rings (SSSR count). The number of amides is 1. The summed E-state index contributed by atoms with van der Waals surface area (Å²) in [6.45, 7) is 1.60. The summed E-state index contributed by atoms with van der Waals surface area (Å²) in [6.07, 6.45) is 0.246. The summed E-state index contributed by atoms with van der Waals surface area (Å²) >= 11 is 0. The molecule has 2 aromatic rings. The molecule has 116 valence electrons. The molecule has 0 heterocycles. The Morgan fingerprint density at radius 2 is 1.77 bits per heavy atom. The maximum absolute atomic E-state index is 13.5. The van der Waals surface area contributed by atoms with Gasteiger partial charge in [0.15, 0.2) is 11.5 Å². The summed E-state index contributed by atoms with van der Waals surface area (Å²) in [5.41, 5.74) is 0.139. The fraction of sp³-hybridized carbons (Fsp3) is 0.188. The molecule has 0 saturated heterocycles. The van der Waals surface area contributed by atoms with Crippen molar-refractivity contribution < 1.29 is 23.8 Å². The lowest BCUT2D eigenvalue weighted by molar-refractivity contribution is -0.119. The fourth-order valence-corrected chi connectivity index (χ4v) is 2.01. The number of aromatic hydroxyl groups is 2. The van der Waals surface area contributed by atoms with Crippen molar-refractivity contribution >= 4 is 11.6 Å². The molecule has 4 nitrogen and oxygen atoms in total. The molecule has 0 spiro atoms. The predicted molar refractivity (Wildman–Crippen MR) is 77.6 cm³/mol. The van der Waals surface area contributed by atoms with E-state index < -0.39 is 29.1 Å². The molecule has 1 unspecified atom stereocenters. The number of hydrogen-bond acceptors (Lipinski definition) is 3. The number of benzene rings is 2. The SMILES string of the molecule is CC(Cc1ccc(O)c(O)c1)C(=O)Nc1c(F)cccc1F. The van der Waals surface area contributed by atoms with Gasteiger partial charge in [-0.3, -0.25) is 4.79 Å². The molecule has 0 radical (unpaired) electrons. The largest absolute Gasteiger partial charge is 0.504 e. The summed E-state index contributed by atoms with van der Waals surface area (Å²) in [6, 6.07) is 7.53. The van der Waals surface area contributed by atoms with Gasteiger partial charge in [-0.05, 0) is 36.2 Å². The molecule has 0 aromatic heterocycles. The first-order chi connectivity index (χ1) is 10.4. The highest BCUT2D eigenvalue weighted by Gasteiger charge is 2.18. The lowest BCUT2D eigenvalue weighted by Gasteiger charge is -2.13. The van der Waals surface area contributed by atoms with E-state index in [1.807, 2.05) is 0 Å². The van der Waals surface area contributed by atoms with Crippen LogP contribution in [0.2, 0.25) is 0 Å². The third-order valence-corrected chi connectivity index (χ3v) is 3.24. The molecule has 0 aliphatic heterocycles. The predicted octanol–water partition coefficient (Wildman–Crippen LogP) is 3.19. The molecule has 6 heteroatoms. The van der Waals surface area contributed by atoms with Crippen LogP contribution in [0.1, 0.15) is 12.5 Å². The molecule has 3 N–H and O–H groups in total. The Bertz CT molecular complexity index is 684. The summed E-state index contributed by atoms with van der Waals surface area (Å²) in [5.74, 6) is -3.36. The van der Waals surface area contributed by atoms with Gasteiger partial charge in [0.1, 0.15) is 17.3 Å². The third-order valence-electron chi connectivity index (χ3n) is 3.24. The quantitative estimate of drug-likeness (QED) is 0.760. The van der Waals surface area contributed by atoms with E-state index >= 15 is 0 Å². The first-order valence-electron chi connectivity index (χ1n) is 6.64. The Balaban J connectivity index is 2.07. The van der Waals surface area contributed by atoms with Crippen LogP contribution in [0.15, 0.2) is 36.4 Å². The molecular formula is C16H15F2NO3. The molecular weight excluding hydrogens is 292 g/mol. The lowest BCUT2D eigenvalue weighted by Crippen LogP contribution is -2.23. The van der Waals surface area contributed by atoms with Gasteiger partial charge < -0.3 is 15.5 Å². The van der Waals surface area contributed by atoms with Crippen LogP contribution >= 0.6 is 0 Å². The highest BCUT2D eigenvalue weighted by Crippen LogP contribution is 2.26. The zero-order valence-electron chi connectivity index (χ0n) is 11.8. The van der Waals surface area contributed by atoms with E-state index in [9.17, 15) is 23.8 Å². The van der Waals surface area contributed by atoms with E-state index in [1.54, 1.807) is 13.0 Å².